The molecule has 0 atom stereocenters. The molecule has 0 saturated heterocycles. The van der Waals surface area contributed by atoms with Crippen LogP contribution in [0.4, 0.5) is 0 Å². The molecule has 0 fully saturated rings. The Labute approximate surface area is 88.7 Å². The Hall–Kier alpha value is -0.322. The SMILES string of the molecule is [Cl][Pt+].c1cc[cH-]c1.c1cc[cH-]c1. The van der Waals surface area contributed by atoms with Crippen molar-refractivity contribution in [1.29, 1.82) is 0 Å². The average Bonchev–Trinajstić information content (AvgIpc) is 2.87. The summed E-state index contributed by atoms with van der Waals surface area (Å²) in [6, 6.07) is 20.0. The second kappa shape index (κ2) is 10.7. The first kappa shape index (κ1) is 11.7. The van der Waals surface area contributed by atoms with Gasteiger partial charge in [0.2, 0.25) is 0 Å². The van der Waals surface area contributed by atoms with Crippen molar-refractivity contribution in [3.8, 4) is 0 Å². The predicted molar refractivity (Wildman–Crippen MR) is 49.9 cm³/mol. The van der Waals surface area contributed by atoms with Crippen LogP contribution in [0.3, 0.4) is 0 Å². The summed E-state index contributed by atoms with van der Waals surface area (Å²) in [5.74, 6) is 0. The summed E-state index contributed by atoms with van der Waals surface area (Å²) in [6.07, 6.45) is 0. The molecule has 0 amide bonds. The molecule has 0 nitrogen and oxygen atoms in total. The first-order valence-corrected chi connectivity index (χ1v) is 6.27. The Morgan fingerprint density at radius 3 is 1.00 bits per heavy atom. The van der Waals surface area contributed by atoms with Crippen molar-refractivity contribution in [1.82, 2.24) is 0 Å². The predicted octanol–water partition coefficient (Wildman–Crippen LogP) is 3.50. The van der Waals surface area contributed by atoms with E-state index < -0.39 is 0 Å². The van der Waals surface area contributed by atoms with Crippen LogP contribution in [-0.2, 0) is 18.8 Å². The van der Waals surface area contributed by atoms with E-state index in [0.29, 0.717) is 0 Å². The minimum atomic E-state index is 1.61. The number of halogens is 1. The smallest absolute Gasteiger partial charge is 0.172 e. The van der Waals surface area contributed by atoms with Crippen LogP contribution in [0.15, 0.2) is 60.7 Å². The molecule has 0 aromatic heterocycles. The van der Waals surface area contributed by atoms with Crippen LogP contribution >= 0.6 is 9.42 Å². The van der Waals surface area contributed by atoms with Crippen LogP contribution in [-0.4, -0.2) is 0 Å². The number of hydrogen-bond acceptors (Lipinski definition) is 0. The molecule has 0 unspecified atom stereocenters. The van der Waals surface area contributed by atoms with Crippen molar-refractivity contribution in [3.63, 3.8) is 0 Å². The molecule has 0 N–H and O–H groups in total. The van der Waals surface area contributed by atoms with Crippen molar-refractivity contribution >= 4 is 9.42 Å². The molecular weight excluding hydrogens is 351 g/mol. The van der Waals surface area contributed by atoms with Gasteiger partial charge in [-0.1, -0.05) is 0 Å². The van der Waals surface area contributed by atoms with Crippen molar-refractivity contribution in [3.05, 3.63) is 60.7 Å². The van der Waals surface area contributed by atoms with E-state index in [-0.39, 0.29) is 0 Å². The van der Waals surface area contributed by atoms with Gasteiger partial charge in [-0.3, -0.25) is 0 Å². The van der Waals surface area contributed by atoms with Gasteiger partial charge in [0.25, 0.3) is 0 Å². The summed E-state index contributed by atoms with van der Waals surface area (Å²) < 4.78 is 0. The van der Waals surface area contributed by atoms with Crippen molar-refractivity contribution in [2.45, 2.75) is 0 Å². The van der Waals surface area contributed by atoms with E-state index in [1.807, 2.05) is 60.7 Å². The summed E-state index contributed by atoms with van der Waals surface area (Å²) in [5.41, 5.74) is 0. The van der Waals surface area contributed by atoms with Crippen LogP contribution in [0, 0.1) is 0 Å². The summed E-state index contributed by atoms with van der Waals surface area (Å²) in [7, 11) is 4.61. The van der Waals surface area contributed by atoms with Crippen LogP contribution in [0.2, 0.25) is 0 Å². The number of rotatable bonds is 0. The van der Waals surface area contributed by atoms with E-state index in [4.69, 9.17) is 0 Å². The fraction of sp³-hybridized carbons (Fsp3) is 0. The maximum absolute atomic E-state index is 4.61. The van der Waals surface area contributed by atoms with Gasteiger partial charge >= 0.3 is 28.2 Å². The van der Waals surface area contributed by atoms with Gasteiger partial charge in [-0.15, -0.1) is 0 Å². The van der Waals surface area contributed by atoms with Gasteiger partial charge in [0.1, 0.15) is 0 Å². The zero-order valence-electron chi connectivity index (χ0n) is 6.47. The van der Waals surface area contributed by atoms with Crippen molar-refractivity contribution in [2.75, 3.05) is 0 Å². The topological polar surface area (TPSA) is 0 Å². The quantitative estimate of drug-likeness (QED) is 0.631. The van der Waals surface area contributed by atoms with Gasteiger partial charge in [0, 0.05) is 0 Å². The molecule has 2 aromatic carbocycles. The van der Waals surface area contributed by atoms with E-state index in [2.05, 4.69) is 9.42 Å². The molecule has 0 bridgehead atoms. The minimum Gasteiger partial charge on any atom is -0.214 e. The molecule has 0 radical (unpaired) electrons. The van der Waals surface area contributed by atoms with Gasteiger partial charge in [-0.2, -0.15) is 36.4 Å². The third-order valence-electron chi connectivity index (χ3n) is 1.11. The van der Waals surface area contributed by atoms with E-state index in [1.165, 1.54) is 0 Å². The zero-order chi connectivity index (χ0) is 9.07. The maximum Gasteiger partial charge on any atom is -0.172 e. The second-order valence-electron chi connectivity index (χ2n) is 1.92. The van der Waals surface area contributed by atoms with E-state index in [9.17, 15) is 0 Å². The minimum absolute atomic E-state index is 1.61. The molecule has 0 aliphatic rings. The van der Waals surface area contributed by atoms with Gasteiger partial charge in [0.15, 0.2) is 0 Å². The molecule has 0 heterocycles. The van der Waals surface area contributed by atoms with Crippen LogP contribution in [0.5, 0.6) is 0 Å². The van der Waals surface area contributed by atoms with Crippen molar-refractivity contribution in [2.24, 2.45) is 0 Å². The summed E-state index contributed by atoms with van der Waals surface area (Å²) in [4.78, 5) is 0. The standard InChI is InChI=1S/2C5H5.ClH.Pt/c2*1-2-4-5-3-1;;/h2*1-5H;1H;/q2*-1;;+2/p-1. The Bertz CT molecular complexity index is 149. The van der Waals surface area contributed by atoms with Gasteiger partial charge in [-0.25, -0.2) is 24.3 Å². The second-order valence-corrected chi connectivity index (χ2v) is 1.92. The molecule has 2 aromatic rings. The third-order valence-corrected chi connectivity index (χ3v) is 1.11. The van der Waals surface area contributed by atoms with E-state index >= 15 is 0 Å². The molecular formula is C10H10ClPt-. The fourth-order valence-corrected chi connectivity index (χ4v) is 0.642. The normalized spacial score (nSPS) is 7.25. The fourth-order valence-electron chi connectivity index (χ4n) is 0.642. The van der Waals surface area contributed by atoms with E-state index in [0.717, 1.165) is 0 Å². The summed E-state index contributed by atoms with van der Waals surface area (Å²) >= 11 is 1.61. The maximum atomic E-state index is 4.61. The molecule has 0 saturated carbocycles. The summed E-state index contributed by atoms with van der Waals surface area (Å²) in [5, 5.41) is 0. The number of hydrogen-bond donors (Lipinski definition) is 0. The first-order valence-electron chi connectivity index (χ1n) is 3.45. The van der Waals surface area contributed by atoms with Gasteiger partial charge in [0.05, 0.1) is 0 Å². The van der Waals surface area contributed by atoms with Crippen molar-refractivity contribution < 1.29 is 18.8 Å². The molecule has 0 aliphatic heterocycles. The van der Waals surface area contributed by atoms with Gasteiger partial charge < -0.3 is 0 Å². The van der Waals surface area contributed by atoms with Gasteiger partial charge in [-0.05, 0) is 0 Å². The van der Waals surface area contributed by atoms with Crippen LogP contribution < -0.4 is 0 Å². The Balaban J connectivity index is 0.000000168. The van der Waals surface area contributed by atoms with Crippen LogP contribution in [0.1, 0.15) is 0 Å². The van der Waals surface area contributed by atoms with Crippen LogP contribution in [0.25, 0.3) is 0 Å². The average molecular weight is 361 g/mol. The Morgan fingerprint density at radius 2 is 0.917 bits per heavy atom. The Morgan fingerprint density at radius 1 is 0.667 bits per heavy atom. The molecule has 12 heavy (non-hydrogen) atoms. The van der Waals surface area contributed by atoms with E-state index in [1.54, 1.807) is 18.8 Å². The zero-order valence-corrected chi connectivity index (χ0v) is 9.50. The molecule has 0 spiro atoms. The largest absolute Gasteiger partial charge is 0.214 e. The monoisotopic (exact) mass is 360 g/mol. The summed E-state index contributed by atoms with van der Waals surface area (Å²) in [6.45, 7) is 0. The molecule has 68 valence electrons. The molecule has 0 aliphatic carbocycles. The molecule has 2 heteroatoms. The Kier molecular flexibility index (Phi) is 10.4. The first-order chi connectivity index (χ1) is 6.00. The third kappa shape index (κ3) is 7.78. The molecule has 2 rings (SSSR count).